The summed E-state index contributed by atoms with van der Waals surface area (Å²) in [7, 11) is 4.27. The van der Waals surface area contributed by atoms with Crippen LogP contribution in [-0.2, 0) is 6.42 Å². The van der Waals surface area contributed by atoms with Gasteiger partial charge in [-0.1, -0.05) is 12.1 Å². The average Bonchev–Trinajstić information content (AvgIpc) is 2.74. The SMILES string of the molecule is CCOc1ccc(CC2(NC)CCN(C)C2)cc1. The predicted octanol–water partition coefficient (Wildman–Crippen LogP) is 1.92. The number of hydrogen-bond acceptors (Lipinski definition) is 3. The van der Waals surface area contributed by atoms with Crippen LogP contribution < -0.4 is 10.1 Å². The Balaban J connectivity index is 2.03. The van der Waals surface area contributed by atoms with Gasteiger partial charge in [0.2, 0.25) is 0 Å². The Hall–Kier alpha value is -1.06. The molecule has 1 atom stereocenters. The van der Waals surface area contributed by atoms with Gasteiger partial charge in [-0.3, -0.25) is 0 Å². The maximum atomic E-state index is 5.48. The molecule has 18 heavy (non-hydrogen) atoms. The van der Waals surface area contributed by atoms with Crippen LogP contribution in [0.1, 0.15) is 18.9 Å². The van der Waals surface area contributed by atoms with Crippen LogP contribution in [0.5, 0.6) is 5.75 Å². The van der Waals surface area contributed by atoms with Gasteiger partial charge in [-0.15, -0.1) is 0 Å². The maximum Gasteiger partial charge on any atom is 0.119 e. The van der Waals surface area contributed by atoms with Crippen molar-refractivity contribution in [3.05, 3.63) is 29.8 Å². The minimum Gasteiger partial charge on any atom is -0.494 e. The zero-order valence-corrected chi connectivity index (χ0v) is 11.7. The van der Waals surface area contributed by atoms with Crippen molar-refractivity contribution >= 4 is 0 Å². The molecule has 0 spiro atoms. The summed E-state index contributed by atoms with van der Waals surface area (Å²) in [6.45, 7) is 5.04. The van der Waals surface area contributed by atoms with Crippen LogP contribution in [0.4, 0.5) is 0 Å². The van der Waals surface area contributed by atoms with Gasteiger partial charge in [0.15, 0.2) is 0 Å². The second kappa shape index (κ2) is 5.72. The first-order chi connectivity index (χ1) is 8.67. The average molecular weight is 248 g/mol. The summed E-state index contributed by atoms with van der Waals surface area (Å²) in [6.07, 6.45) is 2.30. The smallest absolute Gasteiger partial charge is 0.119 e. The molecule has 0 amide bonds. The lowest BCUT2D eigenvalue weighted by Gasteiger charge is -2.29. The van der Waals surface area contributed by atoms with E-state index in [1.807, 2.05) is 6.92 Å². The lowest BCUT2D eigenvalue weighted by molar-refractivity contribution is 0.325. The zero-order chi connectivity index (χ0) is 13.0. The van der Waals surface area contributed by atoms with Crippen molar-refractivity contribution in [2.24, 2.45) is 0 Å². The van der Waals surface area contributed by atoms with E-state index in [1.165, 1.54) is 18.5 Å². The van der Waals surface area contributed by atoms with Crippen LogP contribution in [0.15, 0.2) is 24.3 Å². The van der Waals surface area contributed by atoms with E-state index in [9.17, 15) is 0 Å². The van der Waals surface area contributed by atoms with Crippen LogP contribution >= 0.6 is 0 Å². The highest BCUT2D eigenvalue weighted by molar-refractivity contribution is 5.28. The van der Waals surface area contributed by atoms with Crippen molar-refractivity contribution in [3.8, 4) is 5.75 Å². The van der Waals surface area contributed by atoms with Crippen molar-refractivity contribution < 1.29 is 4.74 Å². The summed E-state index contributed by atoms with van der Waals surface area (Å²) in [5.74, 6) is 0.961. The summed E-state index contributed by atoms with van der Waals surface area (Å²) in [5, 5.41) is 3.52. The molecular weight excluding hydrogens is 224 g/mol. The van der Waals surface area contributed by atoms with Gasteiger partial charge in [0, 0.05) is 12.1 Å². The molecule has 0 bridgehead atoms. The molecule has 0 aliphatic carbocycles. The van der Waals surface area contributed by atoms with Crippen LogP contribution in [0, 0.1) is 0 Å². The standard InChI is InChI=1S/C15H24N2O/c1-4-18-14-7-5-13(6-8-14)11-15(16-2)9-10-17(3)12-15/h5-8,16H,4,9-12H2,1-3H3. The van der Waals surface area contributed by atoms with Gasteiger partial charge >= 0.3 is 0 Å². The monoisotopic (exact) mass is 248 g/mol. The number of rotatable bonds is 5. The number of nitrogens with zero attached hydrogens (tertiary/aromatic N) is 1. The molecule has 1 fully saturated rings. The Bertz CT molecular complexity index is 377. The molecule has 1 saturated heterocycles. The fraction of sp³-hybridized carbons (Fsp3) is 0.600. The third-order valence-corrected chi connectivity index (χ3v) is 3.85. The minimum absolute atomic E-state index is 0.238. The van der Waals surface area contributed by atoms with Crippen molar-refractivity contribution in [3.63, 3.8) is 0 Å². The fourth-order valence-electron chi connectivity index (χ4n) is 2.78. The van der Waals surface area contributed by atoms with Crippen LogP contribution in [0.25, 0.3) is 0 Å². The number of benzene rings is 1. The molecule has 1 N–H and O–H groups in total. The Morgan fingerprint density at radius 3 is 2.56 bits per heavy atom. The Morgan fingerprint density at radius 1 is 1.33 bits per heavy atom. The lowest BCUT2D eigenvalue weighted by atomic mass is 9.90. The largest absolute Gasteiger partial charge is 0.494 e. The molecule has 0 saturated carbocycles. The Morgan fingerprint density at radius 2 is 2.06 bits per heavy atom. The Labute approximate surface area is 110 Å². The third-order valence-electron chi connectivity index (χ3n) is 3.85. The predicted molar refractivity (Wildman–Crippen MR) is 75.2 cm³/mol. The summed E-state index contributed by atoms with van der Waals surface area (Å²) in [6, 6.07) is 8.51. The molecule has 3 nitrogen and oxygen atoms in total. The third kappa shape index (κ3) is 3.03. The van der Waals surface area contributed by atoms with Gasteiger partial charge in [-0.05, 0) is 58.1 Å². The second-order valence-electron chi connectivity index (χ2n) is 5.27. The maximum absolute atomic E-state index is 5.48. The number of hydrogen-bond donors (Lipinski definition) is 1. The second-order valence-corrected chi connectivity index (χ2v) is 5.27. The van der Waals surface area contributed by atoms with Crippen LogP contribution in [0.3, 0.4) is 0 Å². The van der Waals surface area contributed by atoms with Gasteiger partial charge in [-0.25, -0.2) is 0 Å². The number of nitrogens with one attached hydrogen (secondary N) is 1. The van der Waals surface area contributed by atoms with Crippen molar-refractivity contribution in [2.45, 2.75) is 25.3 Å². The highest BCUT2D eigenvalue weighted by Crippen LogP contribution is 2.25. The molecule has 100 valence electrons. The molecular formula is C15H24N2O. The van der Waals surface area contributed by atoms with Crippen molar-refractivity contribution in [2.75, 3.05) is 33.8 Å². The summed E-state index contributed by atoms with van der Waals surface area (Å²) in [5.41, 5.74) is 1.62. The van der Waals surface area contributed by atoms with Gasteiger partial charge in [0.25, 0.3) is 0 Å². The van der Waals surface area contributed by atoms with Crippen molar-refractivity contribution in [1.82, 2.24) is 10.2 Å². The number of likely N-dealkylation sites (N-methyl/N-ethyl adjacent to an activating group) is 2. The number of ether oxygens (including phenoxy) is 1. The van der Waals surface area contributed by atoms with Gasteiger partial charge in [-0.2, -0.15) is 0 Å². The molecule has 3 heteroatoms. The molecule has 1 aromatic rings. The molecule has 2 rings (SSSR count). The van der Waals surface area contributed by atoms with Gasteiger partial charge in [0.05, 0.1) is 6.61 Å². The number of likely N-dealkylation sites (tertiary alicyclic amines) is 1. The normalized spacial score (nSPS) is 24.4. The molecule has 0 radical (unpaired) electrons. The first-order valence-electron chi connectivity index (χ1n) is 6.77. The zero-order valence-electron chi connectivity index (χ0n) is 11.7. The molecule has 1 aliphatic heterocycles. The highest BCUT2D eigenvalue weighted by Gasteiger charge is 2.34. The summed E-state index contributed by atoms with van der Waals surface area (Å²) < 4.78 is 5.48. The Kier molecular flexibility index (Phi) is 4.25. The highest BCUT2D eigenvalue weighted by atomic mass is 16.5. The minimum atomic E-state index is 0.238. The molecule has 1 aliphatic rings. The molecule has 1 unspecified atom stereocenters. The first-order valence-corrected chi connectivity index (χ1v) is 6.77. The first kappa shape index (κ1) is 13.4. The van der Waals surface area contributed by atoms with E-state index in [2.05, 4.69) is 48.6 Å². The van der Waals surface area contributed by atoms with Gasteiger partial charge < -0.3 is 15.0 Å². The topological polar surface area (TPSA) is 24.5 Å². The van der Waals surface area contributed by atoms with E-state index >= 15 is 0 Å². The van der Waals surface area contributed by atoms with Crippen LogP contribution in [0.2, 0.25) is 0 Å². The van der Waals surface area contributed by atoms with Crippen molar-refractivity contribution in [1.29, 1.82) is 0 Å². The lowest BCUT2D eigenvalue weighted by Crippen LogP contribution is -2.47. The van der Waals surface area contributed by atoms with E-state index < -0.39 is 0 Å². The van der Waals surface area contributed by atoms with E-state index in [0.29, 0.717) is 0 Å². The molecule has 1 aromatic carbocycles. The van der Waals surface area contributed by atoms with Gasteiger partial charge in [0.1, 0.15) is 5.75 Å². The summed E-state index contributed by atoms with van der Waals surface area (Å²) in [4.78, 5) is 2.39. The van der Waals surface area contributed by atoms with E-state index in [-0.39, 0.29) is 5.54 Å². The van der Waals surface area contributed by atoms with E-state index in [4.69, 9.17) is 4.74 Å². The quantitative estimate of drug-likeness (QED) is 0.861. The summed E-state index contributed by atoms with van der Waals surface area (Å²) >= 11 is 0. The van der Waals surface area contributed by atoms with Crippen LogP contribution in [-0.4, -0.2) is 44.2 Å². The molecule has 1 heterocycles. The van der Waals surface area contributed by atoms with E-state index in [1.54, 1.807) is 0 Å². The van der Waals surface area contributed by atoms with E-state index in [0.717, 1.165) is 25.3 Å². The molecule has 0 aromatic heterocycles. The fourth-order valence-corrected chi connectivity index (χ4v) is 2.78.